The summed E-state index contributed by atoms with van der Waals surface area (Å²) in [7, 11) is 0. The number of rotatable bonds is 6. The van der Waals surface area contributed by atoms with Crippen LogP contribution < -0.4 is 10.3 Å². The molecule has 2 fully saturated rings. The third-order valence-electron chi connectivity index (χ3n) is 7.89. The van der Waals surface area contributed by atoms with Crippen molar-refractivity contribution in [3.63, 3.8) is 0 Å². The molecule has 1 saturated carbocycles. The number of hydrogen-bond donors (Lipinski definition) is 1. The second-order valence-electron chi connectivity index (χ2n) is 10.3. The number of hydrogen-bond acceptors (Lipinski definition) is 5. The van der Waals surface area contributed by atoms with Crippen molar-refractivity contribution in [2.75, 3.05) is 39.3 Å². The molecule has 2 aliphatic rings. The first-order valence-electron chi connectivity index (χ1n) is 13.3. The van der Waals surface area contributed by atoms with Crippen LogP contribution in [0.1, 0.15) is 47.6 Å². The predicted molar refractivity (Wildman–Crippen MR) is 144 cm³/mol. The SMILES string of the molecule is Cc1cc2[nH]c(=O)c3cnn(C4CCCC4)c3c2cc1C(=O)N1CCN(CCOc2ccccc2)CC1. The van der Waals surface area contributed by atoms with Gasteiger partial charge in [0.05, 0.1) is 28.7 Å². The molecule has 192 valence electrons. The fourth-order valence-corrected chi connectivity index (χ4v) is 5.80. The highest BCUT2D eigenvalue weighted by Crippen LogP contribution is 2.34. The molecule has 2 aromatic carbocycles. The van der Waals surface area contributed by atoms with Gasteiger partial charge in [-0.15, -0.1) is 0 Å². The van der Waals surface area contributed by atoms with E-state index in [9.17, 15) is 9.59 Å². The fourth-order valence-electron chi connectivity index (χ4n) is 5.80. The highest BCUT2D eigenvalue weighted by Gasteiger charge is 2.26. The smallest absolute Gasteiger partial charge is 0.259 e. The molecule has 1 amide bonds. The topological polar surface area (TPSA) is 83.5 Å². The average Bonchev–Trinajstić information content (AvgIpc) is 3.60. The van der Waals surface area contributed by atoms with Crippen LogP contribution in [0.3, 0.4) is 0 Å². The minimum atomic E-state index is -0.127. The zero-order valence-corrected chi connectivity index (χ0v) is 21.3. The Morgan fingerprint density at radius 2 is 1.81 bits per heavy atom. The molecule has 0 radical (unpaired) electrons. The van der Waals surface area contributed by atoms with Crippen molar-refractivity contribution in [3.8, 4) is 5.75 Å². The summed E-state index contributed by atoms with van der Waals surface area (Å²) in [5, 5.41) is 6.10. The molecule has 2 aromatic heterocycles. The number of carbonyl (C=O) groups is 1. The van der Waals surface area contributed by atoms with E-state index in [1.807, 2.05) is 59.0 Å². The molecule has 8 nitrogen and oxygen atoms in total. The lowest BCUT2D eigenvalue weighted by molar-refractivity contribution is 0.0620. The zero-order valence-electron chi connectivity index (χ0n) is 21.3. The van der Waals surface area contributed by atoms with E-state index in [0.29, 0.717) is 36.7 Å². The van der Waals surface area contributed by atoms with E-state index in [1.165, 1.54) is 12.8 Å². The van der Waals surface area contributed by atoms with Crippen LogP contribution in [0.2, 0.25) is 0 Å². The Hall–Kier alpha value is -3.65. The minimum absolute atomic E-state index is 0.0471. The first-order chi connectivity index (χ1) is 18.1. The maximum Gasteiger partial charge on any atom is 0.259 e. The number of nitrogens with zero attached hydrogens (tertiary/aromatic N) is 4. The number of piperazine rings is 1. The van der Waals surface area contributed by atoms with Crippen LogP contribution in [-0.2, 0) is 0 Å². The summed E-state index contributed by atoms with van der Waals surface area (Å²) < 4.78 is 7.87. The standard InChI is InChI=1S/C29H33N5O3/c1-20-17-26-24(27-25(28(35)31-26)19-30-34(27)21-7-5-6-8-21)18-23(20)29(36)33-13-11-32(12-14-33)15-16-37-22-9-3-2-4-10-22/h2-4,9-10,17-19,21H,5-8,11-16H2,1H3,(H,31,35). The molecule has 0 bridgehead atoms. The Morgan fingerprint density at radius 1 is 1.05 bits per heavy atom. The predicted octanol–water partition coefficient (Wildman–Crippen LogP) is 4.14. The third-order valence-corrected chi connectivity index (χ3v) is 7.89. The van der Waals surface area contributed by atoms with E-state index in [0.717, 1.165) is 60.2 Å². The number of aryl methyl sites for hydroxylation is 1. The quantitative estimate of drug-likeness (QED) is 0.431. The normalized spacial score (nSPS) is 17.2. The van der Waals surface area contributed by atoms with Gasteiger partial charge >= 0.3 is 0 Å². The summed E-state index contributed by atoms with van der Waals surface area (Å²) in [4.78, 5) is 33.7. The molecule has 1 aliphatic carbocycles. The number of fused-ring (bicyclic) bond motifs is 3. The molecule has 0 unspecified atom stereocenters. The lowest BCUT2D eigenvalue weighted by Crippen LogP contribution is -2.49. The van der Waals surface area contributed by atoms with Gasteiger partial charge in [0.2, 0.25) is 0 Å². The van der Waals surface area contributed by atoms with Crippen molar-refractivity contribution < 1.29 is 9.53 Å². The second-order valence-corrected chi connectivity index (χ2v) is 10.3. The number of para-hydroxylation sites is 1. The Morgan fingerprint density at radius 3 is 2.57 bits per heavy atom. The van der Waals surface area contributed by atoms with Crippen LogP contribution in [0.4, 0.5) is 0 Å². The minimum Gasteiger partial charge on any atom is -0.492 e. The Balaban J connectivity index is 1.20. The largest absolute Gasteiger partial charge is 0.492 e. The lowest BCUT2D eigenvalue weighted by atomic mass is 10.0. The van der Waals surface area contributed by atoms with E-state index in [-0.39, 0.29) is 11.5 Å². The molecule has 4 aromatic rings. The van der Waals surface area contributed by atoms with Gasteiger partial charge in [0.25, 0.3) is 11.5 Å². The van der Waals surface area contributed by atoms with Gasteiger partial charge in [-0.3, -0.25) is 19.2 Å². The maximum absolute atomic E-state index is 13.6. The van der Waals surface area contributed by atoms with Crippen molar-refractivity contribution in [1.82, 2.24) is 24.6 Å². The van der Waals surface area contributed by atoms with Gasteiger partial charge in [0, 0.05) is 43.7 Å². The van der Waals surface area contributed by atoms with Crippen LogP contribution in [0, 0.1) is 6.92 Å². The Kier molecular flexibility index (Phi) is 6.42. The van der Waals surface area contributed by atoms with Crippen molar-refractivity contribution in [2.45, 2.75) is 38.6 Å². The van der Waals surface area contributed by atoms with E-state index < -0.39 is 0 Å². The van der Waals surface area contributed by atoms with Crippen molar-refractivity contribution in [2.24, 2.45) is 0 Å². The van der Waals surface area contributed by atoms with Crippen molar-refractivity contribution in [1.29, 1.82) is 0 Å². The van der Waals surface area contributed by atoms with E-state index in [2.05, 4.69) is 15.0 Å². The summed E-state index contributed by atoms with van der Waals surface area (Å²) in [6.45, 7) is 6.42. The molecule has 0 spiro atoms. The molecule has 37 heavy (non-hydrogen) atoms. The number of aromatic amines is 1. The van der Waals surface area contributed by atoms with Gasteiger partial charge in [-0.25, -0.2) is 0 Å². The van der Waals surface area contributed by atoms with E-state index >= 15 is 0 Å². The van der Waals surface area contributed by atoms with Gasteiger partial charge in [-0.05, 0) is 49.6 Å². The maximum atomic E-state index is 13.6. The molecule has 8 heteroatoms. The zero-order chi connectivity index (χ0) is 25.4. The molecule has 1 N–H and O–H groups in total. The fraction of sp³-hybridized carbons (Fsp3) is 0.414. The number of benzene rings is 2. The Bertz CT molecular complexity index is 1480. The Labute approximate surface area is 215 Å². The van der Waals surface area contributed by atoms with Gasteiger partial charge < -0.3 is 14.6 Å². The molecule has 6 rings (SSSR count). The van der Waals surface area contributed by atoms with Gasteiger partial charge in [0.15, 0.2) is 0 Å². The van der Waals surface area contributed by atoms with E-state index in [4.69, 9.17) is 4.74 Å². The number of H-pyrrole nitrogens is 1. The second kappa shape index (κ2) is 10.0. The summed E-state index contributed by atoms with van der Waals surface area (Å²) in [6.07, 6.45) is 6.18. The van der Waals surface area contributed by atoms with Crippen LogP contribution in [-0.4, -0.2) is 69.8 Å². The molecule has 0 atom stereocenters. The molecule has 1 saturated heterocycles. The summed E-state index contributed by atoms with van der Waals surface area (Å²) in [5.41, 5.74) is 3.05. The lowest BCUT2D eigenvalue weighted by Gasteiger charge is -2.35. The first kappa shape index (κ1) is 23.7. The average molecular weight is 500 g/mol. The summed E-state index contributed by atoms with van der Waals surface area (Å²) >= 11 is 0. The summed E-state index contributed by atoms with van der Waals surface area (Å²) in [5.74, 6) is 0.929. The molecular weight excluding hydrogens is 466 g/mol. The van der Waals surface area contributed by atoms with Crippen molar-refractivity contribution in [3.05, 3.63) is 70.1 Å². The van der Waals surface area contributed by atoms with Gasteiger partial charge in [-0.1, -0.05) is 31.0 Å². The van der Waals surface area contributed by atoms with E-state index in [1.54, 1.807) is 6.20 Å². The van der Waals surface area contributed by atoms with Crippen LogP contribution in [0.25, 0.3) is 21.8 Å². The number of ether oxygens (including phenoxy) is 1. The van der Waals surface area contributed by atoms with Crippen LogP contribution in [0.15, 0.2) is 53.5 Å². The molecular formula is C29H33N5O3. The number of aromatic nitrogens is 3. The molecule has 3 heterocycles. The number of pyridine rings is 1. The number of nitrogens with one attached hydrogen (secondary N) is 1. The van der Waals surface area contributed by atoms with Gasteiger partial charge in [0.1, 0.15) is 12.4 Å². The van der Waals surface area contributed by atoms with Crippen molar-refractivity contribution >= 4 is 27.7 Å². The monoisotopic (exact) mass is 499 g/mol. The highest BCUT2D eigenvalue weighted by molar-refractivity contribution is 6.07. The highest BCUT2D eigenvalue weighted by atomic mass is 16.5. The van der Waals surface area contributed by atoms with Crippen LogP contribution >= 0.6 is 0 Å². The number of carbonyl (C=O) groups excluding carboxylic acids is 1. The van der Waals surface area contributed by atoms with Gasteiger partial charge in [-0.2, -0.15) is 5.10 Å². The third kappa shape index (κ3) is 4.62. The first-order valence-corrected chi connectivity index (χ1v) is 13.3. The summed E-state index contributed by atoms with van der Waals surface area (Å²) in [6, 6.07) is 14.1. The molecule has 1 aliphatic heterocycles. The van der Waals surface area contributed by atoms with Crippen LogP contribution in [0.5, 0.6) is 5.75 Å². The number of amides is 1.